The van der Waals surface area contributed by atoms with Crippen molar-refractivity contribution < 1.29 is 14.4 Å². The van der Waals surface area contributed by atoms with Gasteiger partial charge >= 0.3 is 0 Å². The van der Waals surface area contributed by atoms with Crippen LogP contribution in [0, 0.1) is 0 Å². The van der Waals surface area contributed by atoms with Crippen LogP contribution < -0.4 is 0 Å². The Balaban J connectivity index is 3.56. The van der Waals surface area contributed by atoms with E-state index in [1.165, 1.54) is 0 Å². The highest BCUT2D eigenvalue weighted by molar-refractivity contribution is 8.12. The third kappa shape index (κ3) is 8.92. The molecule has 0 aliphatic carbocycles. The summed E-state index contributed by atoms with van der Waals surface area (Å²) in [4.78, 5) is 34.3. The highest BCUT2D eigenvalue weighted by Crippen LogP contribution is 2.03. The Morgan fingerprint density at radius 3 is 2.53 bits per heavy atom. The number of carbonyl (C=O) groups is 3. The number of carbonyl (C=O) groups excluding carboxylic acids is 3. The van der Waals surface area contributed by atoms with E-state index in [0.717, 1.165) is 31.0 Å². The van der Waals surface area contributed by atoms with Crippen molar-refractivity contribution in [3.63, 3.8) is 0 Å². The van der Waals surface area contributed by atoms with Crippen molar-refractivity contribution in [3.05, 3.63) is 0 Å². The number of ketones is 1. The predicted molar refractivity (Wildman–Crippen MR) is 70.6 cm³/mol. The van der Waals surface area contributed by atoms with Gasteiger partial charge in [0, 0.05) is 26.4 Å². The molecule has 0 aromatic heterocycles. The zero-order valence-corrected chi connectivity index (χ0v) is 11.4. The lowest BCUT2D eigenvalue weighted by atomic mass is 10.1. The van der Waals surface area contributed by atoms with Crippen LogP contribution in [0.25, 0.3) is 0 Å². The summed E-state index contributed by atoms with van der Waals surface area (Å²) < 4.78 is 0. The van der Waals surface area contributed by atoms with Gasteiger partial charge in [-0.3, -0.25) is 14.4 Å². The van der Waals surface area contributed by atoms with Crippen LogP contribution in [0.1, 0.15) is 39.0 Å². The molecule has 0 aromatic carbocycles. The van der Waals surface area contributed by atoms with Crippen molar-refractivity contribution in [2.45, 2.75) is 39.0 Å². The Bertz CT molecular complexity index is 256. The van der Waals surface area contributed by atoms with Gasteiger partial charge in [-0.05, 0) is 19.3 Å². The number of Topliss-reactive ketones (excluding diaryl/α,β-unsaturated/α-hetero) is 1. The van der Waals surface area contributed by atoms with E-state index >= 15 is 0 Å². The Morgan fingerprint density at radius 1 is 1.24 bits per heavy atom. The van der Waals surface area contributed by atoms with Gasteiger partial charge in [-0.2, -0.15) is 0 Å². The number of hydrogen-bond donors (Lipinski definition) is 0. The summed E-state index contributed by atoms with van der Waals surface area (Å²) in [5, 5.41) is 0. The van der Waals surface area contributed by atoms with Crippen LogP contribution in [0.5, 0.6) is 0 Å². The molecule has 98 valence electrons. The molecule has 0 rings (SSSR count). The van der Waals surface area contributed by atoms with Crippen LogP contribution in [-0.4, -0.2) is 41.6 Å². The summed E-state index contributed by atoms with van der Waals surface area (Å²) in [5.74, 6) is 0.467. The molecule has 0 atom stereocenters. The van der Waals surface area contributed by atoms with Gasteiger partial charge in [0.15, 0.2) is 5.62 Å². The first kappa shape index (κ1) is 16.2. The number of rotatable bonds is 10. The minimum absolute atomic E-state index is 0.0398. The highest BCUT2D eigenvalue weighted by atomic mass is 32.2. The first-order valence-corrected chi connectivity index (χ1v) is 6.97. The normalized spacial score (nSPS) is 10.0. The summed E-state index contributed by atoms with van der Waals surface area (Å²) >= 11 is 0.969. The molecule has 0 unspecified atom stereocenters. The van der Waals surface area contributed by atoms with Crippen molar-refractivity contribution in [1.29, 1.82) is 0 Å². The smallest absolute Gasteiger partial charge is 0.232 e. The standard InChI is InChI=1S/C12H21NO3S/c1-3-6-11(15)7-4-5-8-13(2)12(16)9-17-10-14/h10H,3-9H2,1-2H3. The Kier molecular flexibility index (Phi) is 9.81. The predicted octanol–water partition coefficient (Wildman–Crippen LogP) is 1.91. The molecule has 0 fully saturated rings. The summed E-state index contributed by atoms with van der Waals surface area (Å²) in [6, 6.07) is 0. The Hall–Kier alpha value is -0.840. The first-order chi connectivity index (χ1) is 8.11. The fourth-order valence-electron chi connectivity index (χ4n) is 1.42. The van der Waals surface area contributed by atoms with Gasteiger partial charge in [0.25, 0.3) is 0 Å². The summed E-state index contributed by atoms with van der Waals surface area (Å²) in [5.41, 5.74) is 0.676. The fourth-order valence-corrected chi connectivity index (χ4v) is 1.85. The molecule has 5 heteroatoms. The minimum atomic E-state index is -0.0398. The maximum absolute atomic E-state index is 11.4. The molecular formula is C12H21NO3S. The lowest BCUT2D eigenvalue weighted by molar-refractivity contribution is -0.127. The van der Waals surface area contributed by atoms with Crippen molar-refractivity contribution in [2.75, 3.05) is 19.3 Å². The third-order valence-electron chi connectivity index (χ3n) is 2.43. The monoisotopic (exact) mass is 259 g/mol. The number of unbranched alkanes of at least 4 members (excludes halogenated alkanes) is 1. The average molecular weight is 259 g/mol. The molecular weight excluding hydrogens is 238 g/mol. The maximum Gasteiger partial charge on any atom is 0.232 e. The first-order valence-electron chi connectivity index (χ1n) is 5.92. The number of hydrogen-bond acceptors (Lipinski definition) is 4. The van der Waals surface area contributed by atoms with Gasteiger partial charge in [0.2, 0.25) is 5.91 Å². The zero-order chi connectivity index (χ0) is 13.1. The lowest BCUT2D eigenvalue weighted by Crippen LogP contribution is -2.29. The van der Waals surface area contributed by atoms with E-state index in [0.29, 0.717) is 30.8 Å². The number of amides is 1. The van der Waals surface area contributed by atoms with Crippen LogP contribution in [-0.2, 0) is 14.4 Å². The second-order valence-electron chi connectivity index (χ2n) is 3.97. The molecule has 0 aromatic rings. The van der Waals surface area contributed by atoms with Gasteiger partial charge in [0.1, 0.15) is 5.78 Å². The maximum atomic E-state index is 11.4. The minimum Gasteiger partial charge on any atom is -0.345 e. The highest BCUT2D eigenvalue weighted by Gasteiger charge is 2.08. The molecule has 0 heterocycles. The number of nitrogens with zero attached hydrogens (tertiary/aromatic N) is 1. The van der Waals surface area contributed by atoms with Crippen LogP contribution in [0.4, 0.5) is 0 Å². The SMILES string of the molecule is CCCC(=O)CCCCN(C)C(=O)CSC=O. The molecule has 1 amide bonds. The lowest BCUT2D eigenvalue weighted by Gasteiger charge is -2.15. The van der Waals surface area contributed by atoms with E-state index in [1.54, 1.807) is 11.9 Å². The molecule has 0 saturated heterocycles. The van der Waals surface area contributed by atoms with Crippen LogP contribution in [0.3, 0.4) is 0 Å². The molecule has 0 aliphatic rings. The van der Waals surface area contributed by atoms with Gasteiger partial charge in [-0.25, -0.2) is 0 Å². The van der Waals surface area contributed by atoms with Crippen LogP contribution >= 0.6 is 11.8 Å². The third-order valence-corrected chi connectivity index (χ3v) is 2.98. The summed E-state index contributed by atoms with van der Waals surface area (Å²) in [6.07, 6.45) is 3.84. The largest absolute Gasteiger partial charge is 0.345 e. The van der Waals surface area contributed by atoms with Gasteiger partial charge in [-0.15, -0.1) is 0 Å². The van der Waals surface area contributed by atoms with E-state index in [9.17, 15) is 14.4 Å². The molecule has 0 saturated carbocycles. The second-order valence-corrected chi connectivity index (χ2v) is 4.78. The van der Waals surface area contributed by atoms with E-state index in [-0.39, 0.29) is 11.7 Å². The van der Waals surface area contributed by atoms with Gasteiger partial charge < -0.3 is 4.90 Å². The molecule has 0 radical (unpaired) electrons. The van der Waals surface area contributed by atoms with Crippen molar-refractivity contribution >= 4 is 29.1 Å². The van der Waals surface area contributed by atoms with E-state index in [4.69, 9.17) is 0 Å². The molecule has 0 spiro atoms. The summed E-state index contributed by atoms with van der Waals surface area (Å²) in [7, 11) is 1.72. The van der Waals surface area contributed by atoms with Gasteiger partial charge in [0.05, 0.1) is 5.75 Å². The van der Waals surface area contributed by atoms with Crippen LogP contribution in [0.15, 0.2) is 0 Å². The van der Waals surface area contributed by atoms with Gasteiger partial charge in [-0.1, -0.05) is 18.7 Å². The molecule has 0 bridgehead atoms. The molecule has 0 N–H and O–H groups in total. The average Bonchev–Trinajstić information content (AvgIpc) is 2.31. The van der Waals surface area contributed by atoms with E-state index < -0.39 is 0 Å². The Morgan fingerprint density at radius 2 is 1.94 bits per heavy atom. The van der Waals surface area contributed by atoms with E-state index in [1.807, 2.05) is 6.92 Å². The van der Waals surface area contributed by atoms with E-state index in [2.05, 4.69) is 0 Å². The zero-order valence-electron chi connectivity index (χ0n) is 10.6. The fraction of sp³-hybridized carbons (Fsp3) is 0.750. The second kappa shape index (κ2) is 10.3. The quantitative estimate of drug-likeness (QED) is 0.444. The Labute approximate surface area is 107 Å². The van der Waals surface area contributed by atoms with Crippen molar-refractivity contribution in [1.82, 2.24) is 4.90 Å². The molecule has 17 heavy (non-hydrogen) atoms. The molecule has 0 aliphatic heterocycles. The van der Waals surface area contributed by atoms with Crippen molar-refractivity contribution in [2.24, 2.45) is 0 Å². The topological polar surface area (TPSA) is 54.5 Å². The number of thioether (sulfide) groups is 1. The van der Waals surface area contributed by atoms with Crippen molar-refractivity contribution in [3.8, 4) is 0 Å². The molecule has 4 nitrogen and oxygen atoms in total. The van der Waals surface area contributed by atoms with Crippen LogP contribution in [0.2, 0.25) is 0 Å². The summed E-state index contributed by atoms with van der Waals surface area (Å²) in [6.45, 7) is 2.65.